The van der Waals surface area contributed by atoms with Crippen molar-refractivity contribution in [3.63, 3.8) is 0 Å². The van der Waals surface area contributed by atoms with Gasteiger partial charge in [-0.2, -0.15) is 0 Å². The molecule has 0 aromatic heterocycles. The maximum atomic E-state index is 2.45. The second kappa shape index (κ2) is 6.34. The van der Waals surface area contributed by atoms with E-state index in [-0.39, 0.29) is 0 Å². The van der Waals surface area contributed by atoms with E-state index in [1.807, 2.05) is 0 Å². The molecule has 34 heavy (non-hydrogen) atoms. The first-order valence-corrected chi connectivity index (χ1v) is 14.0. The normalized spacial score (nSPS) is 14.3. The average Bonchev–Trinajstić information content (AvgIpc) is 3.37. The first-order chi connectivity index (χ1) is 16.8. The van der Waals surface area contributed by atoms with Crippen LogP contribution in [0.5, 0.6) is 0 Å². The molecule has 8 rings (SSSR count). The van der Waals surface area contributed by atoms with Gasteiger partial charge < -0.3 is 0 Å². The van der Waals surface area contributed by atoms with Crippen LogP contribution in [0.25, 0.3) is 43.8 Å². The third-order valence-corrected chi connectivity index (χ3v) is 13.1. The molecule has 6 aromatic carbocycles. The molecule has 1 heteroatoms. The van der Waals surface area contributed by atoms with Crippen LogP contribution in [0.2, 0.25) is 0 Å². The SMILES string of the molecule is Cc1ccc2c(c1)c1c(c3ccccc32)-c2ccccc2[Si]12c1ccccc1-c1ccccc12. The number of benzene rings is 6. The number of hydrogen-bond donors (Lipinski definition) is 0. The second-order valence-electron chi connectivity index (χ2n) is 9.73. The molecule has 0 bridgehead atoms. The van der Waals surface area contributed by atoms with Crippen molar-refractivity contribution in [1.82, 2.24) is 0 Å². The molecule has 158 valence electrons. The summed E-state index contributed by atoms with van der Waals surface area (Å²) in [5.41, 5.74) is 7.05. The Hall–Kier alpha value is -3.94. The van der Waals surface area contributed by atoms with Crippen molar-refractivity contribution >= 4 is 50.4 Å². The summed E-state index contributed by atoms with van der Waals surface area (Å²) in [6.07, 6.45) is 0. The lowest BCUT2D eigenvalue weighted by Crippen LogP contribution is -2.70. The summed E-state index contributed by atoms with van der Waals surface area (Å²) in [7, 11) is -2.46. The molecule has 0 saturated heterocycles. The van der Waals surface area contributed by atoms with Gasteiger partial charge in [0.15, 0.2) is 8.07 Å². The van der Waals surface area contributed by atoms with Gasteiger partial charge >= 0.3 is 0 Å². The van der Waals surface area contributed by atoms with Gasteiger partial charge in [-0.25, -0.2) is 0 Å². The van der Waals surface area contributed by atoms with Gasteiger partial charge in [-0.05, 0) is 71.5 Å². The van der Waals surface area contributed by atoms with Crippen molar-refractivity contribution in [2.24, 2.45) is 0 Å². The Morgan fingerprint density at radius 3 is 1.62 bits per heavy atom. The van der Waals surface area contributed by atoms with E-state index in [1.54, 1.807) is 20.7 Å². The van der Waals surface area contributed by atoms with Crippen molar-refractivity contribution in [2.45, 2.75) is 6.92 Å². The molecule has 6 aromatic rings. The van der Waals surface area contributed by atoms with E-state index in [0.717, 1.165) is 0 Å². The van der Waals surface area contributed by atoms with E-state index in [9.17, 15) is 0 Å². The van der Waals surface area contributed by atoms with E-state index in [0.29, 0.717) is 0 Å². The van der Waals surface area contributed by atoms with Crippen molar-refractivity contribution in [2.75, 3.05) is 0 Å². The van der Waals surface area contributed by atoms with Crippen LogP contribution >= 0.6 is 0 Å². The monoisotopic (exact) mass is 446 g/mol. The summed E-state index contributed by atoms with van der Waals surface area (Å²) in [5, 5.41) is 11.8. The van der Waals surface area contributed by atoms with Crippen LogP contribution in [-0.2, 0) is 0 Å². The van der Waals surface area contributed by atoms with Crippen LogP contribution in [0.4, 0.5) is 0 Å². The molecular weight excluding hydrogens is 424 g/mol. The molecule has 0 unspecified atom stereocenters. The summed E-state index contributed by atoms with van der Waals surface area (Å²) in [4.78, 5) is 0. The topological polar surface area (TPSA) is 0 Å². The Morgan fingerprint density at radius 2 is 0.941 bits per heavy atom. The smallest absolute Gasteiger partial charge is 0.0623 e. The van der Waals surface area contributed by atoms with Crippen LogP contribution in [0.15, 0.2) is 115 Å². The fourth-order valence-corrected chi connectivity index (χ4v) is 12.8. The molecule has 2 heterocycles. The molecule has 1 spiro atoms. The lowest BCUT2D eigenvalue weighted by Gasteiger charge is -2.29. The summed E-state index contributed by atoms with van der Waals surface area (Å²) >= 11 is 0. The van der Waals surface area contributed by atoms with Crippen LogP contribution in [0.3, 0.4) is 0 Å². The Kier molecular flexibility index (Phi) is 3.45. The van der Waals surface area contributed by atoms with Gasteiger partial charge in [-0.1, -0.05) is 121 Å². The fourth-order valence-electron chi connectivity index (χ4n) is 6.93. The Balaban J connectivity index is 1.72. The molecule has 0 saturated carbocycles. The summed E-state index contributed by atoms with van der Waals surface area (Å²) < 4.78 is 0. The van der Waals surface area contributed by atoms with Crippen LogP contribution in [0, 0.1) is 6.92 Å². The number of hydrogen-bond acceptors (Lipinski definition) is 0. The van der Waals surface area contributed by atoms with E-state index < -0.39 is 8.07 Å². The molecule has 0 amide bonds. The Bertz CT molecular complexity index is 1780. The average molecular weight is 447 g/mol. The van der Waals surface area contributed by atoms with Crippen LogP contribution < -0.4 is 20.7 Å². The molecule has 0 aliphatic carbocycles. The zero-order valence-electron chi connectivity index (χ0n) is 19.0. The highest BCUT2D eigenvalue weighted by Crippen LogP contribution is 2.42. The third-order valence-electron chi connectivity index (χ3n) is 8.11. The minimum atomic E-state index is -2.46. The van der Waals surface area contributed by atoms with E-state index in [1.165, 1.54) is 49.4 Å². The second-order valence-corrected chi connectivity index (χ2v) is 13.3. The highest BCUT2D eigenvalue weighted by molar-refractivity contribution is 7.25. The molecule has 0 nitrogen and oxygen atoms in total. The lowest BCUT2D eigenvalue weighted by atomic mass is 9.93. The van der Waals surface area contributed by atoms with Crippen molar-refractivity contribution in [1.29, 1.82) is 0 Å². The Labute approximate surface area is 200 Å². The zero-order chi connectivity index (χ0) is 22.4. The number of rotatable bonds is 0. The van der Waals surface area contributed by atoms with Crippen LogP contribution in [-0.4, -0.2) is 8.07 Å². The number of aryl methyl sites for hydroxylation is 1. The molecule has 0 atom stereocenters. The Morgan fingerprint density at radius 1 is 0.441 bits per heavy atom. The van der Waals surface area contributed by atoms with Gasteiger partial charge in [0.25, 0.3) is 0 Å². The van der Waals surface area contributed by atoms with Gasteiger partial charge in [0, 0.05) is 0 Å². The van der Waals surface area contributed by atoms with Crippen LogP contribution in [0.1, 0.15) is 5.56 Å². The lowest BCUT2D eigenvalue weighted by molar-refractivity contribution is 1.51. The summed E-state index contributed by atoms with van der Waals surface area (Å²) in [6, 6.07) is 43.8. The largest absolute Gasteiger partial charge is 0.182 e. The maximum absolute atomic E-state index is 2.46. The van der Waals surface area contributed by atoms with Gasteiger partial charge in [-0.3, -0.25) is 0 Å². The molecule has 0 N–H and O–H groups in total. The molecular formula is C33H22Si. The molecule has 0 fully saturated rings. The predicted octanol–water partition coefficient (Wildman–Crippen LogP) is 5.64. The maximum Gasteiger partial charge on any atom is 0.182 e. The van der Waals surface area contributed by atoms with Gasteiger partial charge in [0.05, 0.1) is 0 Å². The van der Waals surface area contributed by atoms with Gasteiger partial charge in [0.2, 0.25) is 0 Å². The van der Waals surface area contributed by atoms with Crippen molar-refractivity contribution in [3.8, 4) is 22.3 Å². The highest BCUT2D eigenvalue weighted by Gasteiger charge is 2.54. The summed E-state index contributed by atoms with van der Waals surface area (Å²) in [5.74, 6) is 0. The third kappa shape index (κ3) is 2.01. The van der Waals surface area contributed by atoms with Crippen molar-refractivity contribution < 1.29 is 0 Å². The fraction of sp³-hybridized carbons (Fsp3) is 0.0303. The quantitative estimate of drug-likeness (QED) is 0.209. The first-order valence-electron chi connectivity index (χ1n) is 12.0. The van der Waals surface area contributed by atoms with E-state index in [4.69, 9.17) is 0 Å². The van der Waals surface area contributed by atoms with Gasteiger partial charge in [-0.15, -0.1) is 0 Å². The molecule has 2 aliphatic heterocycles. The van der Waals surface area contributed by atoms with Gasteiger partial charge in [0.1, 0.15) is 0 Å². The standard InChI is InChI=1S/C33H22Si/c1-21-18-19-23-22-10-2-3-13-26(22)32-27-14-6-9-17-31(27)34(33(32)28(23)20-21)29-15-7-4-11-24(29)25-12-5-8-16-30(25)34/h2-20H,1H3. The number of fused-ring (bicyclic) bond motifs is 15. The molecule has 2 aliphatic rings. The minimum absolute atomic E-state index is 1.32. The minimum Gasteiger partial charge on any atom is -0.0623 e. The highest BCUT2D eigenvalue weighted by atomic mass is 28.3. The predicted molar refractivity (Wildman–Crippen MR) is 148 cm³/mol. The first kappa shape index (κ1) is 18.5. The summed E-state index contributed by atoms with van der Waals surface area (Å²) in [6.45, 7) is 2.23. The molecule has 0 radical (unpaired) electrons. The van der Waals surface area contributed by atoms with E-state index in [2.05, 4.69) is 122 Å². The zero-order valence-corrected chi connectivity index (χ0v) is 20.0. The van der Waals surface area contributed by atoms with E-state index >= 15 is 0 Å². The van der Waals surface area contributed by atoms with Crippen molar-refractivity contribution in [3.05, 3.63) is 121 Å².